The summed E-state index contributed by atoms with van der Waals surface area (Å²) >= 11 is 0. The fourth-order valence-corrected chi connectivity index (χ4v) is 0. The number of carboxylic acid groups (broad SMARTS) is 7. The van der Waals surface area contributed by atoms with E-state index in [1.54, 1.807) is 0 Å². The van der Waals surface area contributed by atoms with Gasteiger partial charge in [-0.2, -0.15) is 0 Å². The van der Waals surface area contributed by atoms with E-state index in [4.69, 9.17) is 106 Å². The first-order chi connectivity index (χ1) is 15.9. The largest absolute Gasteiger partial charge is 3.00 e. The van der Waals surface area contributed by atoms with Crippen molar-refractivity contribution >= 4 is 83.5 Å². The van der Waals surface area contributed by atoms with Gasteiger partial charge >= 0.3 is 56.9 Å². The molecule has 31 heteroatoms. The zero-order valence-electron chi connectivity index (χ0n) is 16.8. The monoisotopic (exact) mass is 648 g/mol. The first-order valence-corrected chi connectivity index (χ1v) is 5.56. The molecule has 0 aliphatic heterocycles. The topological polar surface area (TPSA) is 487 Å². The Kier molecular flexibility index (Phi) is 99.9. The molecular weight excluding hydrogens is 642 g/mol. The van der Waals surface area contributed by atoms with E-state index in [0.717, 1.165) is 0 Å². The SMILES string of the molecule is O=C([O-])OO.O=C([O-])OO.O=C([O-])OO.O=C([O-])OO.O=C([O-])OO.O=C([O-])OO.O=C([O-])OO.[Al+3].[Mg+2].[Ni+2]. The van der Waals surface area contributed by atoms with E-state index in [2.05, 4.69) is 34.2 Å². The molecular formula is C7H7AlMgNiO28. The van der Waals surface area contributed by atoms with Crippen molar-refractivity contribution < 1.29 is 157 Å². The molecule has 0 rings (SSSR count). The van der Waals surface area contributed by atoms with E-state index < -0.39 is 43.1 Å². The van der Waals surface area contributed by atoms with Gasteiger partial charge in [0.15, 0.2) is 0 Å². The average Bonchev–Trinajstić information content (AvgIpc) is 2.80. The molecule has 0 aromatic rings. The van der Waals surface area contributed by atoms with Crippen molar-refractivity contribution in [2.24, 2.45) is 0 Å². The molecule has 0 aliphatic rings. The Morgan fingerprint density at radius 1 is 0.342 bits per heavy atom. The van der Waals surface area contributed by atoms with Crippen LogP contribution < -0.4 is 35.7 Å². The summed E-state index contributed by atoms with van der Waals surface area (Å²) in [6.45, 7) is 0. The number of carbonyl (C=O) groups is 7. The molecule has 0 fully saturated rings. The summed E-state index contributed by atoms with van der Waals surface area (Å²) in [5.74, 6) is 0. The van der Waals surface area contributed by atoms with Crippen molar-refractivity contribution in [3.8, 4) is 0 Å². The van der Waals surface area contributed by atoms with Crippen molar-refractivity contribution in [2.75, 3.05) is 0 Å². The zero-order valence-corrected chi connectivity index (χ0v) is 20.4. The maximum atomic E-state index is 8.78. The molecule has 28 nitrogen and oxygen atoms in total. The van der Waals surface area contributed by atoms with Gasteiger partial charge in [0.2, 0.25) is 0 Å². The van der Waals surface area contributed by atoms with Crippen molar-refractivity contribution in [1.29, 1.82) is 0 Å². The van der Waals surface area contributed by atoms with Crippen LogP contribution in [0.25, 0.3) is 0 Å². The smallest absolute Gasteiger partial charge is 0.424 e. The first-order valence-electron chi connectivity index (χ1n) is 5.56. The molecule has 0 radical (unpaired) electrons. The van der Waals surface area contributed by atoms with Crippen LogP contribution in [-0.2, 0) is 50.7 Å². The Bertz CT molecular complexity index is 430. The Morgan fingerprint density at radius 2 is 0.368 bits per heavy atom. The minimum atomic E-state index is -1.94. The normalized spacial score (nSPS) is 6.08. The summed E-state index contributed by atoms with van der Waals surface area (Å²) < 4.78 is 0. The summed E-state index contributed by atoms with van der Waals surface area (Å²) in [5, 5.41) is 110. The number of hydrogen-bond donors (Lipinski definition) is 7. The van der Waals surface area contributed by atoms with Crippen LogP contribution in [0, 0.1) is 0 Å². The van der Waals surface area contributed by atoms with Gasteiger partial charge in [-0.25, -0.2) is 0 Å². The third-order valence-corrected chi connectivity index (χ3v) is 0.522. The second kappa shape index (κ2) is 58.9. The van der Waals surface area contributed by atoms with Crippen LogP contribution in [0.1, 0.15) is 0 Å². The summed E-state index contributed by atoms with van der Waals surface area (Å²) in [6.07, 6.45) is -13.6. The summed E-state index contributed by atoms with van der Waals surface area (Å²) in [4.78, 5) is 79.4. The van der Waals surface area contributed by atoms with E-state index in [9.17, 15) is 0 Å². The van der Waals surface area contributed by atoms with Gasteiger partial charge in [0.05, 0.1) is 0 Å². The number of hydrogen-bond acceptors (Lipinski definition) is 28. The van der Waals surface area contributed by atoms with Crippen molar-refractivity contribution in [2.45, 2.75) is 0 Å². The van der Waals surface area contributed by atoms with Gasteiger partial charge in [-0.15, -0.1) is 0 Å². The predicted octanol–water partition coefficient (Wildman–Crippen LogP) is -9.03. The van der Waals surface area contributed by atoms with E-state index in [1.807, 2.05) is 0 Å². The van der Waals surface area contributed by atoms with Gasteiger partial charge in [-0.1, -0.05) is 0 Å². The minimum Gasteiger partial charge on any atom is -0.424 e. The molecule has 0 atom stereocenters. The molecule has 7 N–H and O–H groups in total. The molecule has 0 amide bonds. The second-order valence-electron chi connectivity index (χ2n) is 2.39. The van der Waals surface area contributed by atoms with Crippen LogP contribution in [0.2, 0.25) is 0 Å². The molecule has 0 spiro atoms. The van der Waals surface area contributed by atoms with Crippen molar-refractivity contribution in [3.05, 3.63) is 0 Å². The third-order valence-electron chi connectivity index (χ3n) is 0.522. The molecule has 0 aromatic carbocycles. The van der Waals surface area contributed by atoms with E-state index in [-0.39, 0.29) is 56.9 Å². The molecule has 0 heterocycles. The van der Waals surface area contributed by atoms with Gasteiger partial charge in [0.25, 0.3) is 43.1 Å². The molecule has 0 saturated carbocycles. The standard InChI is InChI=1S/7CH2O4.Al.Mg.Ni/c7*2-1(3)5-4;;;/h7*4H,(H,2,3);;;/q;;;;;;;+3;2*+2/p-7. The molecule has 0 unspecified atom stereocenters. The molecule has 0 aliphatic carbocycles. The molecule has 0 aromatic heterocycles. The Balaban J connectivity index is -0.0000000297. The first kappa shape index (κ1) is 64.5. The van der Waals surface area contributed by atoms with Gasteiger partial charge in [-0.05, 0) is 0 Å². The van der Waals surface area contributed by atoms with Crippen LogP contribution in [0.4, 0.5) is 33.6 Å². The molecule has 38 heavy (non-hydrogen) atoms. The fourth-order valence-electron chi connectivity index (χ4n) is 0. The zero-order chi connectivity index (χ0) is 30.0. The number of rotatable bonds is 0. The maximum Gasteiger partial charge on any atom is 3.00 e. The number of carbonyl (C=O) groups excluding carboxylic acids is 7. The van der Waals surface area contributed by atoms with Crippen molar-refractivity contribution in [1.82, 2.24) is 0 Å². The van der Waals surface area contributed by atoms with Crippen LogP contribution in [-0.4, -0.2) is 120 Å². The van der Waals surface area contributed by atoms with Crippen LogP contribution >= 0.6 is 0 Å². The third kappa shape index (κ3) is 295. The van der Waals surface area contributed by atoms with Crippen LogP contribution in [0.3, 0.4) is 0 Å². The van der Waals surface area contributed by atoms with Crippen LogP contribution in [0.5, 0.6) is 0 Å². The van der Waals surface area contributed by atoms with E-state index in [0.29, 0.717) is 0 Å². The Morgan fingerprint density at radius 3 is 0.368 bits per heavy atom. The average molecular weight is 649 g/mol. The van der Waals surface area contributed by atoms with Crippen molar-refractivity contribution in [3.63, 3.8) is 0 Å². The summed E-state index contributed by atoms with van der Waals surface area (Å²) in [6, 6.07) is 0. The molecule has 0 saturated heterocycles. The predicted molar refractivity (Wildman–Crippen MR) is 75.3 cm³/mol. The summed E-state index contributed by atoms with van der Waals surface area (Å²) in [5.41, 5.74) is 0. The fraction of sp³-hybridized carbons (Fsp3) is 0. The van der Waals surface area contributed by atoms with Gasteiger partial charge < -0.3 is 104 Å². The Labute approximate surface area is 240 Å². The van der Waals surface area contributed by atoms with E-state index in [1.165, 1.54) is 0 Å². The minimum absolute atomic E-state index is 0. The summed E-state index contributed by atoms with van der Waals surface area (Å²) in [7, 11) is 0. The molecule has 218 valence electrons. The van der Waals surface area contributed by atoms with Gasteiger partial charge in [-0.3, -0.25) is 36.8 Å². The quantitative estimate of drug-likeness (QED) is 0.0554. The second-order valence-corrected chi connectivity index (χ2v) is 2.39. The maximum absolute atomic E-state index is 8.78. The Hall–Kier alpha value is -3.60. The van der Waals surface area contributed by atoms with Gasteiger partial charge in [0, 0.05) is 0 Å². The van der Waals surface area contributed by atoms with Crippen LogP contribution in [0.15, 0.2) is 0 Å². The van der Waals surface area contributed by atoms with E-state index >= 15 is 0 Å². The van der Waals surface area contributed by atoms with Gasteiger partial charge in [0.1, 0.15) is 0 Å². The molecule has 0 bridgehead atoms.